The van der Waals surface area contributed by atoms with Gasteiger partial charge in [-0.05, 0) is 47.2 Å². The van der Waals surface area contributed by atoms with Crippen LogP contribution in [0.5, 0.6) is 0 Å². The molecule has 0 saturated carbocycles. The zero-order chi connectivity index (χ0) is 20.9. The van der Waals surface area contributed by atoms with Gasteiger partial charge >= 0.3 is 6.03 Å². The van der Waals surface area contributed by atoms with Crippen LogP contribution in [0.3, 0.4) is 0 Å². The Morgan fingerprint density at radius 2 is 1.73 bits per heavy atom. The topological polar surface area (TPSA) is 79.2 Å². The standard InChI is InChI=1S/C21H24ClN7O/c1-16-2-8-19(9-3-16)29-20(24-25-26-29)15-27-10-12-28(13-11-27)21(30)23-14-17-4-6-18(22)7-5-17/h2-9H,10-15H2,1H3,(H,23,30). The number of urea groups is 1. The number of carbonyl (C=O) groups excluding carboxylic acids is 1. The molecule has 2 aromatic carbocycles. The first-order valence-corrected chi connectivity index (χ1v) is 10.3. The fraction of sp³-hybridized carbons (Fsp3) is 0.333. The first-order valence-electron chi connectivity index (χ1n) is 9.92. The summed E-state index contributed by atoms with van der Waals surface area (Å²) in [4.78, 5) is 16.6. The molecule has 156 valence electrons. The second-order valence-corrected chi connectivity index (χ2v) is 7.83. The van der Waals surface area contributed by atoms with Crippen molar-refractivity contribution in [3.63, 3.8) is 0 Å². The lowest BCUT2D eigenvalue weighted by atomic mass is 10.2. The van der Waals surface area contributed by atoms with Crippen molar-refractivity contribution < 1.29 is 4.79 Å². The van der Waals surface area contributed by atoms with Gasteiger partial charge < -0.3 is 10.2 Å². The molecule has 0 unspecified atom stereocenters. The Hall–Kier alpha value is -2.97. The molecule has 9 heteroatoms. The van der Waals surface area contributed by atoms with E-state index in [9.17, 15) is 4.79 Å². The number of halogens is 1. The van der Waals surface area contributed by atoms with Crippen molar-refractivity contribution in [3.05, 3.63) is 70.5 Å². The molecule has 1 N–H and O–H groups in total. The van der Waals surface area contributed by atoms with Gasteiger partial charge in [0.1, 0.15) is 0 Å². The first-order chi connectivity index (χ1) is 14.6. The zero-order valence-electron chi connectivity index (χ0n) is 16.8. The Balaban J connectivity index is 1.28. The highest BCUT2D eigenvalue weighted by Gasteiger charge is 2.22. The number of hydrogen-bond donors (Lipinski definition) is 1. The number of piperazine rings is 1. The predicted octanol–water partition coefficient (Wildman–Crippen LogP) is 2.65. The third-order valence-electron chi connectivity index (χ3n) is 5.19. The van der Waals surface area contributed by atoms with Crippen LogP contribution in [0.25, 0.3) is 5.69 Å². The summed E-state index contributed by atoms with van der Waals surface area (Å²) in [5.74, 6) is 0.791. The second kappa shape index (κ2) is 9.23. The molecule has 0 spiro atoms. The third-order valence-corrected chi connectivity index (χ3v) is 5.45. The molecule has 30 heavy (non-hydrogen) atoms. The Morgan fingerprint density at radius 3 is 2.43 bits per heavy atom. The van der Waals surface area contributed by atoms with Gasteiger partial charge in [-0.1, -0.05) is 41.4 Å². The van der Waals surface area contributed by atoms with Gasteiger partial charge in [0, 0.05) is 37.7 Å². The molecule has 3 aromatic rings. The van der Waals surface area contributed by atoms with Gasteiger partial charge in [0.05, 0.1) is 12.2 Å². The van der Waals surface area contributed by atoms with Crippen LogP contribution in [-0.2, 0) is 13.1 Å². The summed E-state index contributed by atoms with van der Waals surface area (Å²) in [5.41, 5.74) is 3.16. The molecule has 1 fully saturated rings. The number of aromatic nitrogens is 4. The van der Waals surface area contributed by atoms with Gasteiger partial charge in [-0.15, -0.1) is 5.10 Å². The Bertz CT molecular complexity index is 979. The van der Waals surface area contributed by atoms with Crippen LogP contribution in [-0.4, -0.2) is 62.2 Å². The van der Waals surface area contributed by atoms with Crippen molar-refractivity contribution in [1.29, 1.82) is 0 Å². The average molecular weight is 426 g/mol. The number of benzene rings is 2. The quantitative estimate of drug-likeness (QED) is 0.679. The van der Waals surface area contributed by atoms with Crippen molar-refractivity contribution >= 4 is 17.6 Å². The summed E-state index contributed by atoms with van der Waals surface area (Å²) in [7, 11) is 0. The van der Waals surface area contributed by atoms with Crippen molar-refractivity contribution in [2.75, 3.05) is 26.2 Å². The largest absolute Gasteiger partial charge is 0.334 e. The lowest BCUT2D eigenvalue weighted by molar-refractivity contribution is 0.133. The minimum absolute atomic E-state index is 0.0471. The van der Waals surface area contributed by atoms with Gasteiger partial charge in [0.25, 0.3) is 0 Å². The normalized spacial score (nSPS) is 14.7. The number of nitrogens with zero attached hydrogens (tertiary/aromatic N) is 6. The molecule has 1 aliphatic heterocycles. The second-order valence-electron chi connectivity index (χ2n) is 7.39. The van der Waals surface area contributed by atoms with E-state index in [0.717, 1.165) is 30.2 Å². The summed E-state index contributed by atoms with van der Waals surface area (Å²) >= 11 is 5.90. The zero-order valence-corrected chi connectivity index (χ0v) is 17.6. The average Bonchev–Trinajstić information content (AvgIpc) is 3.22. The molecular weight excluding hydrogens is 402 g/mol. The van der Waals surface area contributed by atoms with Crippen molar-refractivity contribution in [3.8, 4) is 5.69 Å². The van der Waals surface area contributed by atoms with E-state index in [1.165, 1.54) is 5.56 Å². The van der Waals surface area contributed by atoms with Crippen molar-refractivity contribution in [2.45, 2.75) is 20.0 Å². The molecular formula is C21H24ClN7O. The molecule has 1 saturated heterocycles. The highest BCUT2D eigenvalue weighted by Crippen LogP contribution is 2.13. The summed E-state index contributed by atoms with van der Waals surface area (Å²) in [5, 5.41) is 15.8. The maximum absolute atomic E-state index is 12.5. The van der Waals surface area contributed by atoms with Crippen molar-refractivity contribution in [1.82, 2.24) is 35.3 Å². The van der Waals surface area contributed by atoms with E-state index in [4.69, 9.17) is 11.6 Å². The SMILES string of the molecule is Cc1ccc(-n2nnnc2CN2CCN(C(=O)NCc3ccc(Cl)cc3)CC2)cc1. The summed E-state index contributed by atoms with van der Waals surface area (Å²) in [6, 6.07) is 15.5. The molecule has 1 aromatic heterocycles. The highest BCUT2D eigenvalue weighted by atomic mass is 35.5. The third kappa shape index (κ3) is 4.95. The van der Waals surface area contributed by atoms with E-state index >= 15 is 0 Å². The minimum Gasteiger partial charge on any atom is -0.334 e. The van der Waals surface area contributed by atoms with Crippen LogP contribution in [0, 0.1) is 6.92 Å². The van der Waals surface area contributed by atoms with Crippen molar-refractivity contribution in [2.24, 2.45) is 0 Å². The van der Waals surface area contributed by atoms with E-state index in [2.05, 4.69) is 32.7 Å². The van der Waals surface area contributed by atoms with Crippen LogP contribution in [0.4, 0.5) is 4.79 Å². The molecule has 0 aliphatic carbocycles. The Labute approximate surface area is 180 Å². The number of rotatable bonds is 5. The number of carbonyl (C=O) groups is 1. The van der Waals surface area contributed by atoms with E-state index in [1.807, 2.05) is 53.4 Å². The summed E-state index contributed by atoms with van der Waals surface area (Å²) in [6.07, 6.45) is 0. The Morgan fingerprint density at radius 1 is 1.03 bits per heavy atom. The molecule has 1 aliphatic rings. The molecule has 0 atom stereocenters. The molecule has 2 amide bonds. The fourth-order valence-corrected chi connectivity index (χ4v) is 3.52. The van der Waals surface area contributed by atoms with E-state index in [-0.39, 0.29) is 6.03 Å². The Kier molecular flexibility index (Phi) is 6.25. The minimum atomic E-state index is -0.0471. The van der Waals surface area contributed by atoms with Gasteiger partial charge in [-0.3, -0.25) is 4.90 Å². The smallest absolute Gasteiger partial charge is 0.317 e. The highest BCUT2D eigenvalue weighted by molar-refractivity contribution is 6.30. The predicted molar refractivity (Wildman–Crippen MR) is 114 cm³/mol. The maximum Gasteiger partial charge on any atom is 0.317 e. The van der Waals surface area contributed by atoms with Crippen LogP contribution < -0.4 is 5.32 Å². The lowest BCUT2D eigenvalue weighted by Crippen LogP contribution is -2.51. The van der Waals surface area contributed by atoms with Crippen LogP contribution >= 0.6 is 11.6 Å². The van der Waals surface area contributed by atoms with Gasteiger partial charge in [-0.2, -0.15) is 4.68 Å². The lowest BCUT2D eigenvalue weighted by Gasteiger charge is -2.34. The number of tetrazole rings is 1. The number of aryl methyl sites for hydroxylation is 1. The molecule has 8 nitrogen and oxygen atoms in total. The number of hydrogen-bond acceptors (Lipinski definition) is 5. The van der Waals surface area contributed by atoms with E-state index in [1.54, 1.807) is 4.68 Å². The van der Waals surface area contributed by atoms with Crippen LogP contribution in [0.15, 0.2) is 48.5 Å². The molecule has 0 bridgehead atoms. The van der Waals surface area contributed by atoms with Gasteiger partial charge in [-0.25, -0.2) is 4.79 Å². The van der Waals surface area contributed by atoms with Crippen LogP contribution in [0.2, 0.25) is 5.02 Å². The van der Waals surface area contributed by atoms with E-state index < -0.39 is 0 Å². The van der Waals surface area contributed by atoms with Gasteiger partial charge in [0.2, 0.25) is 0 Å². The molecule has 4 rings (SSSR count). The number of nitrogens with one attached hydrogen (secondary N) is 1. The van der Waals surface area contributed by atoms with Crippen LogP contribution in [0.1, 0.15) is 17.0 Å². The summed E-state index contributed by atoms with van der Waals surface area (Å²) < 4.78 is 1.77. The van der Waals surface area contributed by atoms with Gasteiger partial charge in [0.15, 0.2) is 5.82 Å². The summed E-state index contributed by atoms with van der Waals surface area (Å²) in [6.45, 7) is 6.05. The maximum atomic E-state index is 12.5. The van der Waals surface area contributed by atoms with E-state index in [0.29, 0.717) is 31.2 Å². The first kappa shape index (κ1) is 20.3. The monoisotopic (exact) mass is 425 g/mol. The fourth-order valence-electron chi connectivity index (χ4n) is 3.39. The molecule has 0 radical (unpaired) electrons. The number of amides is 2. The molecule has 2 heterocycles.